The molecule has 0 unspecified atom stereocenters. The molecular formula is C27H21N3OS. The van der Waals surface area contributed by atoms with E-state index in [1.54, 1.807) is 18.4 Å². The number of hydrogen-bond acceptors (Lipinski definition) is 4. The van der Waals surface area contributed by atoms with Gasteiger partial charge in [0.2, 0.25) is 0 Å². The highest BCUT2D eigenvalue weighted by molar-refractivity contribution is 7.16. The number of anilines is 1. The van der Waals surface area contributed by atoms with Crippen LogP contribution >= 0.6 is 11.3 Å². The number of ether oxygens (including phenoxy) is 1. The summed E-state index contributed by atoms with van der Waals surface area (Å²) in [4.78, 5) is 7.00. The lowest BCUT2D eigenvalue weighted by Gasteiger charge is -2.09. The summed E-state index contributed by atoms with van der Waals surface area (Å²) in [5.41, 5.74) is 4.02. The first kappa shape index (κ1) is 19.9. The van der Waals surface area contributed by atoms with Gasteiger partial charge in [-0.1, -0.05) is 48.2 Å². The molecule has 0 saturated heterocycles. The number of fused-ring (bicyclic) bond motifs is 1. The van der Waals surface area contributed by atoms with Gasteiger partial charge in [0.15, 0.2) is 0 Å². The molecule has 0 bridgehead atoms. The van der Waals surface area contributed by atoms with Crippen molar-refractivity contribution in [1.29, 1.82) is 0 Å². The first-order valence-electron chi connectivity index (χ1n) is 10.3. The Morgan fingerprint density at radius 3 is 2.53 bits per heavy atom. The number of imidazole rings is 1. The fraction of sp³-hybridized carbons (Fsp3) is 0.0741. The minimum absolute atomic E-state index is 0.686. The van der Waals surface area contributed by atoms with Gasteiger partial charge in [0, 0.05) is 18.3 Å². The molecular weight excluding hydrogens is 414 g/mol. The molecule has 0 amide bonds. The van der Waals surface area contributed by atoms with Crippen molar-refractivity contribution in [2.75, 3.05) is 12.4 Å². The Balaban J connectivity index is 1.45. The summed E-state index contributed by atoms with van der Waals surface area (Å²) in [6.45, 7) is 0.686. The average molecular weight is 436 g/mol. The van der Waals surface area contributed by atoms with Crippen LogP contribution in [-0.4, -0.2) is 16.5 Å². The maximum atomic E-state index is 5.26. The summed E-state index contributed by atoms with van der Waals surface area (Å²) in [6, 6.07) is 28.3. The number of rotatable bonds is 5. The van der Waals surface area contributed by atoms with Crippen molar-refractivity contribution >= 4 is 22.8 Å². The first-order valence-corrected chi connectivity index (χ1v) is 11.1. The molecule has 156 valence electrons. The van der Waals surface area contributed by atoms with Gasteiger partial charge in [-0.3, -0.25) is 4.40 Å². The first-order chi connectivity index (χ1) is 15.8. The van der Waals surface area contributed by atoms with Gasteiger partial charge in [0.25, 0.3) is 0 Å². The van der Waals surface area contributed by atoms with Gasteiger partial charge < -0.3 is 10.1 Å². The molecule has 0 saturated carbocycles. The monoisotopic (exact) mass is 435 g/mol. The molecule has 0 aliphatic rings. The van der Waals surface area contributed by atoms with Crippen molar-refractivity contribution in [3.63, 3.8) is 0 Å². The number of thiophene rings is 1. The van der Waals surface area contributed by atoms with E-state index >= 15 is 0 Å². The third-order valence-electron chi connectivity index (χ3n) is 5.09. The van der Waals surface area contributed by atoms with E-state index in [4.69, 9.17) is 9.72 Å². The second kappa shape index (κ2) is 9.01. The summed E-state index contributed by atoms with van der Waals surface area (Å²) in [5, 5.41) is 3.59. The van der Waals surface area contributed by atoms with Gasteiger partial charge in [-0.25, -0.2) is 4.98 Å². The van der Waals surface area contributed by atoms with Gasteiger partial charge in [-0.05, 0) is 54.1 Å². The summed E-state index contributed by atoms with van der Waals surface area (Å²) in [7, 11) is 1.68. The summed E-state index contributed by atoms with van der Waals surface area (Å²) in [6.07, 6.45) is 2.03. The second-order valence-corrected chi connectivity index (χ2v) is 8.30. The van der Waals surface area contributed by atoms with Crippen LogP contribution in [0, 0.1) is 11.8 Å². The molecule has 0 aliphatic heterocycles. The predicted octanol–water partition coefficient (Wildman–Crippen LogP) is 6.08. The number of aromatic nitrogens is 2. The van der Waals surface area contributed by atoms with Crippen LogP contribution < -0.4 is 10.1 Å². The van der Waals surface area contributed by atoms with Crippen LogP contribution in [0.25, 0.3) is 16.2 Å². The average Bonchev–Trinajstić information content (AvgIpc) is 3.47. The minimum Gasteiger partial charge on any atom is -0.497 e. The van der Waals surface area contributed by atoms with Crippen LogP contribution in [0.5, 0.6) is 5.75 Å². The molecule has 1 N–H and O–H groups in total. The zero-order chi connectivity index (χ0) is 21.8. The Bertz CT molecular complexity index is 1410. The predicted molar refractivity (Wildman–Crippen MR) is 131 cm³/mol. The highest BCUT2D eigenvalue weighted by Crippen LogP contribution is 2.34. The zero-order valence-corrected chi connectivity index (χ0v) is 18.4. The lowest BCUT2D eigenvalue weighted by atomic mass is 10.2. The molecule has 5 aromatic rings. The van der Waals surface area contributed by atoms with E-state index in [0.717, 1.165) is 38.2 Å². The standard InChI is InChI=1S/C27H21N3OS/c1-31-22-13-10-21(11-14-22)19-28-27-26(29-25-9-5-6-18-30(25)27)24-17-16-23(32-24)15-12-20-7-3-2-4-8-20/h2-11,13-14,16-18,28H,19H2,1H3. The van der Waals surface area contributed by atoms with Gasteiger partial charge in [0.1, 0.15) is 22.9 Å². The van der Waals surface area contributed by atoms with Crippen molar-refractivity contribution in [2.24, 2.45) is 0 Å². The fourth-order valence-electron chi connectivity index (χ4n) is 3.45. The van der Waals surface area contributed by atoms with Crippen molar-refractivity contribution in [2.45, 2.75) is 6.54 Å². The molecule has 0 aliphatic carbocycles. The van der Waals surface area contributed by atoms with Crippen LogP contribution in [-0.2, 0) is 6.54 Å². The highest BCUT2D eigenvalue weighted by Gasteiger charge is 2.15. The van der Waals surface area contributed by atoms with Gasteiger partial charge >= 0.3 is 0 Å². The molecule has 3 aromatic heterocycles. The molecule has 0 radical (unpaired) electrons. The van der Waals surface area contributed by atoms with E-state index < -0.39 is 0 Å². The molecule has 5 heteroatoms. The van der Waals surface area contributed by atoms with Crippen LogP contribution in [0.1, 0.15) is 16.0 Å². The van der Waals surface area contributed by atoms with E-state index in [1.807, 2.05) is 66.9 Å². The number of nitrogens with zero attached hydrogens (tertiary/aromatic N) is 2. The largest absolute Gasteiger partial charge is 0.497 e. The smallest absolute Gasteiger partial charge is 0.139 e. The lowest BCUT2D eigenvalue weighted by molar-refractivity contribution is 0.414. The highest BCUT2D eigenvalue weighted by atomic mass is 32.1. The van der Waals surface area contributed by atoms with E-state index in [0.29, 0.717) is 6.54 Å². The fourth-order valence-corrected chi connectivity index (χ4v) is 4.30. The van der Waals surface area contributed by atoms with E-state index in [9.17, 15) is 0 Å². The molecule has 4 nitrogen and oxygen atoms in total. The Morgan fingerprint density at radius 2 is 1.72 bits per heavy atom. The van der Waals surface area contributed by atoms with Gasteiger partial charge in [0.05, 0.1) is 16.9 Å². The molecule has 2 aromatic carbocycles. The summed E-state index contributed by atoms with van der Waals surface area (Å²) in [5.74, 6) is 8.33. The number of nitrogens with one attached hydrogen (secondary N) is 1. The Labute approximate surface area is 191 Å². The van der Waals surface area contributed by atoms with Crippen molar-refractivity contribution in [3.8, 4) is 28.2 Å². The van der Waals surface area contributed by atoms with E-state index in [2.05, 4.69) is 45.8 Å². The third kappa shape index (κ3) is 4.22. The zero-order valence-electron chi connectivity index (χ0n) is 17.6. The van der Waals surface area contributed by atoms with Crippen LogP contribution in [0.15, 0.2) is 91.1 Å². The lowest BCUT2D eigenvalue weighted by Crippen LogP contribution is -2.03. The number of benzene rings is 2. The Morgan fingerprint density at radius 1 is 0.906 bits per heavy atom. The molecule has 0 spiro atoms. The molecule has 32 heavy (non-hydrogen) atoms. The van der Waals surface area contributed by atoms with Crippen molar-refractivity contribution in [1.82, 2.24) is 9.38 Å². The minimum atomic E-state index is 0.686. The quantitative estimate of drug-likeness (QED) is 0.340. The van der Waals surface area contributed by atoms with E-state index in [-0.39, 0.29) is 0 Å². The molecule has 5 rings (SSSR count). The van der Waals surface area contributed by atoms with Gasteiger partial charge in [-0.15, -0.1) is 11.3 Å². The second-order valence-electron chi connectivity index (χ2n) is 7.22. The van der Waals surface area contributed by atoms with Crippen LogP contribution in [0.2, 0.25) is 0 Å². The maximum absolute atomic E-state index is 5.26. The SMILES string of the molecule is COc1ccc(CNc2c(-c3ccc(C#Cc4ccccc4)s3)nc3ccccn23)cc1. The van der Waals surface area contributed by atoms with Gasteiger partial charge in [-0.2, -0.15) is 0 Å². The molecule has 3 heterocycles. The van der Waals surface area contributed by atoms with Crippen LogP contribution in [0.4, 0.5) is 5.82 Å². The number of hydrogen-bond donors (Lipinski definition) is 1. The summed E-state index contributed by atoms with van der Waals surface area (Å²) < 4.78 is 7.35. The normalized spacial score (nSPS) is 10.5. The molecule has 0 fully saturated rings. The Hall–Kier alpha value is -4.01. The van der Waals surface area contributed by atoms with Crippen LogP contribution in [0.3, 0.4) is 0 Å². The number of methoxy groups -OCH3 is 1. The van der Waals surface area contributed by atoms with Crippen molar-refractivity contribution in [3.05, 3.63) is 107 Å². The molecule has 0 atom stereocenters. The Kier molecular flexibility index (Phi) is 5.61. The van der Waals surface area contributed by atoms with Crippen molar-refractivity contribution < 1.29 is 4.74 Å². The topological polar surface area (TPSA) is 38.6 Å². The summed E-state index contributed by atoms with van der Waals surface area (Å²) >= 11 is 1.66. The number of pyridine rings is 1. The van der Waals surface area contributed by atoms with E-state index in [1.165, 1.54) is 5.56 Å². The maximum Gasteiger partial charge on any atom is 0.139 e. The third-order valence-corrected chi connectivity index (χ3v) is 6.10.